The third kappa shape index (κ3) is 4.92. The summed E-state index contributed by atoms with van der Waals surface area (Å²) in [6.07, 6.45) is 5.16. The second-order valence-corrected chi connectivity index (χ2v) is 6.26. The highest BCUT2D eigenvalue weighted by Crippen LogP contribution is 2.23. The van der Waals surface area contributed by atoms with Crippen LogP contribution in [0.1, 0.15) is 37.8 Å². The van der Waals surface area contributed by atoms with E-state index in [9.17, 15) is 9.59 Å². The van der Waals surface area contributed by atoms with Crippen LogP contribution in [-0.2, 0) is 20.9 Å². The van der Waals surface area contributed by atoms with Gasteiger partial charge in [0.25, 0.3) is 0 Å². The minimum absolute atomic E-state index is 0.0223. The number of esters is 1. The number of hydrogen-bond acceptors (Lipinski definition) is 5. The van der Waals surface area contributed by atoms with E-state index in [4.69, 9.17) is 9.26 Å². The molecule has 2 aromatic rings. The summed E-state index contributed by atoms with van der Waals surface area (Å²) < 4.78 is 10.4. The second-order valence-electron chi connectivity index (χ2n) is 6.26. The average molecular weight is 342 g/mol. The Balaban J connectivity index is 1.42. The first-order chi connectivity index (χ1) is 12.2. The van der Waals surface area contributed by atoms with Crippen molar-refractivity contribution >= 4 is 11.9 Å². The summed E-state index contributed by atoms with van der Waals surface area (Å²) in [6, 6.07) is 11.3. The standard InChI is InChI=1S/C19H22N2O4/c22-18(12-20-19(23)15-9-5-2-6-10-15)24-13-16-11-17(25-21-16)14-7-3-1-4-8-14/h1,3-4,7-8,11,15H,2,5-6,9-10,12-13H2,(H,20,23). The van der Waals surface area contributed by atoms with Gasteiger partial charge in [0, 0.05) is 17.5 Å². The molecule has 1 amide bonds. The molecule has 0 bridgehead atoms. The number of carbonyl (C=O) groups excluding carboxylic acids is 2. The fourth-order valence-corrected chi connectivity index (χ4v) is 2.99. The third-order valence-electron chi connectivity index (χ3n) is 4.38. The average Bonchev–Trinajstić information content (AvgIpc) is 3.15. The van der Waals surface area contributed by atoms with Crippen molar-refractivity contribution in [1.82, 2.24) is 10.5 Å². The lowest BCUT2D eigenvalue weighted by Crippen LogP contribution is -2.36. The van der Waals surface area contributed by atoms with E-state index >= 15 is 0 Å². The van der Waals surface area contributed by atoms with Crippen molar-refractivity contribution in [3.8, 4) is 11.3 Å². The van der Waals surface area contributed by atoms with Crippen LogP contribution in [0.2, 0.25) is 0 Å². The van der Waals surface area contributed by atoms with Crippen LogP contribution < -0.4 is 5.32 Å². The maximum atomic E-state index is 12.0. The van der Waals surface area contributed by atoms with Crippen molar-refractivity contribution in [2.24, 2.45) is 5.92 Å². The lowest BCUT2D eigenvalue weighted by Gasteiger charge is -2.20. The number of benzene rings is 1. The van der Waals surface area contributed by atoms with Crippen molar-refractivity contribution in [3.63, 3.8) is 0 Å². The van der Waals surface area contributed by atoms with Gasteiger partial charge in [-0.15, -0.1) is 0 Å². The maximum absolute atomic E-state index is 12.0. The molecule has 1 N–H and O–H groups in total. The van der Waals surface area contributed by atoms with Gasteiger partial charge in [0.2, 0.25) is 5.91 Å². The van der Waals surface area contributed by atoms with Gasteiger partial charge in [-0.2, -0.15) is 0 Å². The van der Waals surface area contributed by atoms with Crippen LogP contribution in [0.25, 0.3) is 11.3 Å². The summed E-state index contributed by atoms with van der Waals surface area (Å²) in [6.45, 7) is -0.0901. The Labute approximate surface area is 146 Å². The van der Waals surface area contributed by atoms with E-state index in [0.29, 0.717) is 11.5 Å². The molecule has 0 atom stereocenters. The first kappa shape index (κ1) is 17.2. The van der Waals surface area contributed by atoms with E-state index in [-0.39, 0.29) is 25.0 Å². The van der Waals surface area contributed by atoms with Crippen molar-refractivity contribution in [2.75, 3.05) is 6.54 Å². The van der Waals surface area contributed by atoms with Gasteiger partial charge in [0.1, 0.15) is 18.8 Å². The maximum Gasteiger partial charge on any atom is 0.325 e. The number of nitrogens with zero attached hydrogens (tertiary/aromatic N) is 1. The number of rotatable bonds is 6. The smallest absolute Gasteiger partial charge is 0.325 e. The monoisotopic (exact) mass is 342 g/mol. The summed E-state index contributed by atoms with van der Waals surface area (Å²) in [7, 11) is 0. The van der Waals surface area contributed by atoms with Crippen LogP contribution in [-0.4, -0.2) is 23.6 Å². The number of nitrogens with one attached hydrogen (secondary N) is 1. The van der Waals surface area contributed by atoms with Crippen molar-refractivity contribution in [1.29, 1.82) is 0 Å². The molecule has 0 radical (unpaired) electrons. The molecule has 0 saturated heterocycles. The molecule has 1 heterocycles. The first-order valence-corrected chi connectivity index (χ1v) is 8.67. The largest absolute Gasteiger partial charge is 0.458 e. The van der Waals surface area contributed by atoms with E-state index in [1.54, 1.807) is 6.07 Å². The number of hydrogen-bond donors (Lipinski definition) is 1. The Bertz CT molecular complexity index is 705. The SMILES string of the molecule is O=C(CNC(=O)C1CCCCC1)OCc1cc(-c2ccccc2)on1. The van der Waals surface area contributed by atoms with Gasteiger partial charge in [-0.1, -0.05) is 54.8 Å². The molecule has 3 rings (SSSR count). The van der Waals surface area contributed by atoms with Crippen LogP contribution in [0.4, 0.5) is 0 Å². The predicted octanol–water partition coefficient (Wildman–Crippen LogP) is 3.08. The normalized spacial score (nSPS) is 14.9. The zero-order valence-corrected chi connectivity index (χ0v) is 14.1. The van der Waals surface area contributed by atoms with E-state index in [1.165, 1.54) is 6.42 Å². The molecule has 1 aliphatic carbocycles. The minimum Gasteiger partial charge on any atom is -0.458 e. The van der Waals surface area contributed by atoms with Crippen LogP contribution in [0.3, 0.4) is 0 Å². The van der Waals surface area contributed by atoms with Crippen LogP contribution in [0.15, 0.2) is 40.9 Å². The molecule has 0 spiro atoms. The molecule has 6 nitrogen and oxygen atoms in total. The Morgan fingerprint density at radius 3 is 2.68 bits per heavy atom. The molecule has 132 valence electrons. The molecular weight excluding hydrogens is 320 g/mol. The van der Waals surface area contributed by atoms with E-state index in [2.05, 4.69) is 10.5 Å². The summed E-state index contributed by atoms with van der Waals surface area (Å²) >= 11 is 0. The van der Waals surface area contributed by atoms with Crippen LogP contribution in [0.5, 0.6) is 0 Å². The molecule has 0 aliphatic heterocycles. The molecule has 1 aromatic heterocycles. The van der Waals surface area contributed by atoms with Gasteiger partial charge in [0.05, 0.1) is 0 Å². The first-order valence-electron chi connectivity index (χ1n) is 8.67. The van der Waals surface area contributed by atoms with Gasteiger partial charge >= 0.3 is 5.97 Å². The molecular formula is C19H22N2O4. The second kappa shape index (κ2) is 8.46. The van der Waals surface area contributed by atoms with Gasteiger partial charge in [-0.25, -0.2) is 0 Å². The minimum atomic E-state index is -0.478. The predicted molar refractivity (Wildman–Crippen MR) is 91.3 cm³/mol. The summed E-state index contributed by atoms with van der Waals surface area (Å²) in [5, 5.41) is 6.56. The number of ether oxygens (including phenoxy) is 1. The van der Waals surface area contributed by atoms with Crippen molar-refractivity contribution < 1.29 is 18.8 Å². The topological polar surface area (TPSA) is 81.4 Å². The molecule has 6 heteroatoms. The molecule has 1 aliphatic rings. The number of aromatic nitrogens is 1. The van der Waals surface area contributed by atoms with Gasteiger partial charge in [-0.3, -0.25) is 9.59 Å². The molecule has 0 unspecified atom stereocenters. The van der Waals surface area contributed by atoms with E-state index < -0.39 is 5.97 Å². The molecule has 1 saturated carbocycles. The number of carbonyl (C=O) groups is 2. The van der Waals surface area contributed by atoms with Crippen LogP contribution >= 0.6 is 0 Å². The van der Waals surface area contributed by atoms with Crippen molar-refractivity contribution in [2.45, 2.75) is 38.7 Å². The van der Waals surface area contributed by atoms with Crippen LogP contribution in [0, 0.1) is 5.92 Å². The lowest BCUT2D eigenvalue weighted by atomic mass is 9.89. The fraction of sp³-hybridized carbons (Fsp3) is 0.421. The Kier molecular flexibility index (Phi) is 5.82. The number of amides is 1. The third-order valence-corrected chi connectivity index (χ3v) is 4.38. The molecule has 25 heavy (non-hydrogen) atoms. The van der Waals surface area contributed by atoms with Gasteiger partial charge < -0.3 is 14.6 Å². The quantitative estimate of drug-likeness (QED) is 0.816. The highest BCUT2D eigenvalue weighted by Gasteiger charge is 2.21. The Hall–Kier alpha value is -2.63. The zero-order valence-electron chi connectivity index (χ0n) is 14.1. The Morgan fingerprint density at radius 1 is 1.16 bits per heavy atom. The zero-order chi connectivity index (χ0) is 17.5. The molecule has 1 aromatic carbocycles. The fourth-order valence-electron chi connectivity index (χ4n) is 2.99. The summed E-state index contributed by atoms with van der Waals surface area (Å²) in [5.74, 6) is 0.126. The molecule has 1 fully saturated rings. The van der Waals surface area contributed by atoms with E-state index in [0.717, 1.165) is 31.2 Å². The highest BCUT2D eigenvalue weighted by molar-refractivity contribution is 5.83. The van der Waals surface area contributed by atoms with Gasteiger partial charge in [-0.05, 0) is 12.8 Å². The lowest BCUT2D eigenvalue weighted by molar-refractivity contribution is -0.145. The summed E-state index contributed by atoms with van der Waals surface area (Å²) in [4.78, 5) is 23.8. The van der Waals surface area contributed by atoms with Gasteiger partial charge in [0.15, 0.2) is 5.76 Å². The Morgan fingerprint density at radius 2 is 1.92 bits per heavy atom. The van der Waals surface area contributed by atoms with Crippen molar-refractivity contribution in [3.05, 3.63) is 42.1 Å². The summed E-state index contributed by atoms with van der Waals surface area (Å²) in [5.41, 5.74) is 1.44. The highest BCUT2D eigenvalue weighted by atomic mass is 16.5. The van der Waals surface area contributed by atoms with E-state index in [1.807, 2.05) is 30.3 Å².